The van der Waals surface area contributed by atoms with Crippen LogP contribution in [-0.4, -0.2) is 12.5 Å². The van der Waals surface area contributed by atoms with Crippen LogP contribution < -0.4 is 11.1 Å². The monoisotopic (exact) mass is 330 g/mol. The molecule has 5 heteroatoms. The van der Waals surface area contributed by atoms with Crippen molar-refractivity contribution in [3.8, 4) is 0 Å². The largest absolute Gasteiger partial charge is 0.346 e. The van der Waals surface area contributed by atoms with Crippen LogP contribution in [0.1, 0.15) is 44.6 Å². The van der Waals surface area contributed by atoms with E-state index in [1.54, 1.807) is 0 Å². The van der Waals surface area contributed by atoms with E-state index in [-0.39, 0.29) is 29.8 Å². The van der Waals surface area contributed by atoms with Crippen molar-refractivity contribution >= 4 is 29.9 Å². The van der Waals surface area contributed by atoms with Crippen LogP contribution in [0.3, 0.4) is 0 Å². The molecule has 1 aliphatic carbocycles. The third kappa shape index (κ3) is 4.35. The second-order valence-electron chi connectivity index (χ2n) is 5.78. The first-order chi connectivity index (χ1) is 9.57. The van der Waals surface area contributed by atoms with Crippen LogP contribution in [0.2, 0.25) is 5.02 Å². The molecular weight excluding hydrogens is 307 g/mol. The number of carbonyl (C=O) groups excluding carboxylic acids is 1. The molecule has 2 rings (SSSR count). The summed E-state index contributed by atoms with van der Waals surface area (Å²) in [6, 6.07) is 7.85. The van der Waals surface area contributed by atoms with E-state index < -0.39 is 0 Å². The van der Waals surface area contributed by atoms with E-state index in [9.17, 15) is 4.79 Å². The predicted molar refractivity (Wildman–Crippen MR) is 89.8 cm³/mol. The van der Waals surface area contributed by atoms with Gasteiger partial charge in [-0.2, -0.15) is 0 Å². The molecule has 0 aromatic heterocycles. The first-order valence-corrected chi connectivity index (χ1v) is 7.73. The molecule has 0 saturated heterocycles. The summed E-state index contributed by atoms with van der Waals surface area (Å²) in [5.74, 6) is -0.106. The first-order valence-electron chi connectivity index (χ1n) is 7.35. The number of carbonyl (C=O) groups is 1. The summed E-state index contributed by atoms with van der Waals surface area (Å²) >= 11 is 5.97. The van der Waals surface area contributed by atoms with E-state index in [2.05, 4.69) is 5.32 Å². The molecule has 1 saturated carbocycles. The predicted octanol–water partition coefficient (Wildman–Crippen LogP) is 3.63. The third-order valence-corrected chi connectivity index (χ3v) is 4.52. The Hall–Kier alpha value is -0.770. The van der Waals surface area contributed by atoms with Gasteiger partial charge in [0.05, 0.1) is 5.54 Å². The highest BCUT2D eigenvalue weighted by Gasteiger charge is 2.36. The molecule has 118 valence electrons. The zero-order chi connectivity index (χ0) is 14.6. The Morgan fingerprint density at radius 2 is 1.86 bits per heavy atom. The molecule has 1 amide bonds. The molecule has 0 radical (unpaired) electrons. The van der Waals surface area contributed by atoms with Gasteiger partial charge in [-0.1, -0.05) is 49.9 Å². The second-order valence-corrected chi connectivity index (χ2v) is 6.21. The van der Waals surface area contributed by atoms with Crippen molar-refractivity contribution in [2.45, 2.75) is 44.6 Å². The second kappa shape index (κ2) is 8.02. The van der Waals surface area contributed by atoms with Crippen molar-refractivity contribution in [2.75, 3.05) is 6.54 Å². The van der Waals surface area contributed by atoms with Crippen LogP contribution in [0, 0.1) is 5.92 Å². The molecule has 0 heterocycles. The van der Waals surface area contributed by atoms with Gasteiger partial charge in [-0.25, -0.2) is 0 Å². The van der Waals surface area contributed by atoms with Gasteiger partial charge in [-0.15, -0.1) is 12.4 Å². The number of hydrogen-bond donors (Lipinski definition) is 2. The van der Waals surface area contributed by atoms with Crippen molar-refractivity contribution in [1.82, 2.24) is 5.32 Å². The lowest BCUT2D eigenvalue weighted by Gasteiger charge is -2.39. The Kier molecular flexibility index (Phi) is 6.98. The van der Waals surface area contributed by atoms with Crippen molar-refractivity contribution < 1.29 is 4.79 Å². The maximum absolute atomic E-state index is 12.3. The Balaban J connectivity index is 0.00000220. The molecule has 0 aliphatic heterocycles. The zero-order valence-corrected chi connectivity index (χ0v) is 14.0. The van der Waals surface area contributed by atoms with Gasteiger partial charge in [0.2, 0.25) is 5.91 Å². The van der Waals surface area contributed by atoms with E-state index in [1.807, 2.05) is 31.2 Å². The van der Waals surface area contributed by atoms with Gasteiger partial charge in [0, 0.05) is 17.5 Å². The van der Waals surface area contributed by atoms with Crippen LogP contribution in [0.15, 0.2) is 24.3 Å². The van der Waals surface area contributed by atoms with Crippen LogP contribution >= 0.6 is 24.0 Å². The number of nitrogens with one attached hydrogen (secondary N) is 1. The van der Waals surface area contributed by atoms with Gasteiger partial charge in [-0.05, 0) is 30.5 Å². The molecule has 0 bridgehead atoms. The van der Waals surface area contributed by atoms with E-state index in [0.29, 0.717) is 6.54 Å². The lowest BCUT2D eigenvalue weighted by atomic mass is 9.76. The van der Waals surface area contributed by atoms with Crippen LogP contribution in [0.4, 0.5) is 0 Å². The maximum atomic E-state index is 12.3. The van der Waals surface area contributed by atoms with Gasteiger partial charge in [-0.3, -0.25) is 4.79 Å². The third-order valence-electron chi connectivity index (χ3n) is 4.27. The van der Waals surface area contributed by atoms with Crippen LogP contribution in [0.5, 0.6) is 0 Å². The smallest absolute Gasteiger partial charge is 0.224 e. The van der Waals surface area contributed by atoms with Crippen LogP contribution in [0.25, 0.3) is 0 Å². The Morgan fingerprint density at radius 3 is 2.38 bits per heavy atom. The van der Waals surface area contributed by atoms with Crippen molar-refractivity contribution in [3.05, 3.63) is 34.9 Å². The molecule has 1 aliphatic rings. The Labute approximate surface area is 138 Å². The highest BCUT2D eigenvalue weighted by atomic mass is 35.5. The number of nitrogens with two attached hydrogens (primary N) is 1. The summed E-state index contributed by atoms with van der Waals surface area (Å²) in [7, 11) is 0. The van der Waals surface area contributed by atoms with E-state index in [0.717, 1.165) is 36.3 Å². The van der Waals surface area contributed by atoms with Gasteiger partial charge in [0.15, 0.2) is 0 Å². The minimum Gasteiger partial charge on any atom is -0.346 e. The molecule has 1 atom stereocenters. The van der Waals surface area contributed by atoms with Crippen molar-refractivity contribution in [1.29, 1.82) is 0 Å². The highest BCUT2D eigenvalue weighted by Crippen LogP contribution is 2.37. The minimum absolute atomic E-state index is 0. The highest BCUT2D eigenvalue weighted by molar-refractivity contribution is 6.30. The number of amides is 1. The summed E-state index contributed by atoms with van der Waals surface area (Å²) < 4.78 is 0. The molecule has 0 spiro atoms. The van der Waals surface area contributed by atoms with Crippen molar-refractivity contribution in [3.63, 3.8) is 0 Å². The molecule has 1 aromatic carbocycles. The van der Waals surface area contributed by atoms with E-state index >= 15 is 0 Å². The fourth-order valence-corrected chi connectivity index (χ4v) is 3.00. The quantitative estimate of drug-likeness (QED) is 0.885. The number of rotatable bonds is 4. The minimum atomic E-state index is -0.247. The lowest BCUT2D eigenvalue weighted by molar-refractivity contribution is -0.126. The fraction of sp³-hybridized carbons (Fsp3) is 0.562. The number of hydrogen-bond acceptors (Lipinski definition) is 2. The summed E-state index contributed by atoms with van der Waals surface area (Å²) in [4.78, 5) is 12.3. The average Bonchev–Trinajstić information content (AvgIpc) is 2.47. The molecule has 1 aromatic rings. The summed E-state index contributed by atoms with van der Waals surface area (Å²) in [6.45, 7) is 2.25. The summed E-state index contributed by atoms with van der Waals surface area (Å²) in [5, 5.41) is 3.98. The zero-order valence-electron chi connectivity index (χ0n) is 12.4. The fourth-order valence-electron chi connectivity index (χ4n) is 2.88. The molecular formula is C16H24Cl2N2O. The topological polar surface area (TPSA) is 55.1 Å². The number of halogens is 2. The van der Waals surface area contributed by atoms with Crippen LogP contribution in [-0.2, 0) is 10.3 Å². The maximum Gasteiger partial charge on any atom is 0.224 e. The van der Waals surface area contributed by atoms with Gasteiger partial charge in [0.25, 0.3) is 0 Å². The summed E-state index contributed by atoms with van der Waals surface area (Å²) in [6.07, 6.45) is 5.48. The standard InChI is InChI=1S/C16H23ClN2O.ClH/c1-12(11-18)15(20)19-16(9-3-2-4-10-16)13-5-7-14(17)8-6-13;/h5-8,12H,2-4,9-11,18H2,1H3,(H,19,20);1H. The van der Waals surface area contributed by atoms with Gasteiger partial charge < -0.3 is 11.1 Å². The molecule has 21 heavy (non-hydrogen) atoms. The number of benzene rings is 1. The molecule has 1 fully saturated rings. The molecule has 3 nitrogen and oxygen atoms in total. The Bertz CT molecular complexity index is 456. The van der Waals surface area contributed by atoms with E-state index in [4.69, 9.17) is 17.3 Å². The van der Waals surface area contributed by atoms with Crippen molar-refractivity contribution in [2.24, 2.45) is 11.7 Å². The lowest BCUT2D eigenvalue weighted by Crippen LogP contribution is -2.49. The molecule has 3 N–H and O–H groups in total. The summed E-state index contributed by atoms with van der Waals surface area (Å²) in [5.41, 5.74) is 6.51. The van der Waals surface area contributed by atoms with E-state index in [1.165, 1.54) is 6.42 Å². The first kappa shape index (κ1) is 18.3. The Morgan fingerprint density at radius 1 is 1.29 bits per heavy atom. The normalized spacial score (nSPS) is 18.4. The van der Waals surface area contributed by atoms with Gasteiger partial charge in [0.1, 0.15) is 0 Å². The average molecular weight is 331 g/mol. The SMILES string of the molecule is CC(CN)C(=O)NC1(c2ccc(Cl)cc2)CCCCC1.Cl. The molecule has 1 unspecified atom stereocenters. The van der Waals surface area contributed by atoms with Gasteiger partial charge >= 0.3 is 0 Å².